The molecule has 1 aromatic carbocycles. The number of hydrogen-bond acceptors (Lipinski definition) is 1. The van der Waals surface area contributed by atoms with Gasteiger partial charge in [0.1, 0.15) is 0 Å². The van der Waals surface area contributed by atoms with Crippen molar-refractivity contribution >= 4 is 5.91 Å². The molecule has 0 fully saturated rings. The summed E-state index contributed by atoms with van der Waals surface area (Å²) in [5, 5.41) is 0. The SMILES string of the molecule is CCC[C@H](C)c1ccc(C(N)=O)cc1. The highest BCUT2D eigenvalue weighted by atomic mass is 16.1. The number of amides is 1. The number of rotatable bonds is 4. The van der Waals surface area contributed by atoms with Crippen LogP contribution in [0.3, 0.4) is 0 Å². The zero-order valence-corrected chi connectivity index (χ0v) is 8.79. The van der Waals surface area contributed by atoms with Gasteiger partial charge in [-0.25, -0.2) is 0 Å². The molecule has 0 saturated heterocycles. The van der Waals surface area contributed by atoms with Crippen molar-refractivity contribution in [1.82, 2.24) is 0 Å². The van der Waals surface area contributed by atoms with E-state index >= 15 is 0 Å². The molecular weight excluding hydrogens is 174 g/mol. The van der Waals surface area contributed by atoms with E-state index in [0.29, 0.717) is 11.5 Å². The maximum Gasteiger partial charge on any atom is 0.248 e. The third-order valence-corrected chi connectivity index (χ3v) is 2.49. The van der Waals surface area contributed by atoms with Crippen molar-refractivity contribution in [2.75, 3.05) is 0 Å². The Bertz CT molecular complexity index is 303. The Labute approximate surface area is 85.1 Å². The molecule has 2 N–H and O–H groups in total. The summed E-state index contributed by atoms with van der Waals surface area (Å²) in [5.74, 6) is 0.196. The van der Waals surface area contributed by atoms with Crippen molar-refractivity contribution in [1.29, 1.82) is 0 Å². The molecule has 2 nitrogen and oxygen atoms in total. The summed E-state index contributed by atoms with van der Waals surface area (Å²) in [4.78, 5) is 10.8. The fourth-order valence-corrected chi connectivity index (χ4v) is 1.58. The van der Waals surface area contributed by atoms with Crippen LogP contribution in [-0.4, -0.2) is 5.91 Å². The average Bonchev–Trinajstić information content (AvgIpc) is 2.18. The van der Waals surface area contributed by atoms with Gasteiger partial charge in [-0.15, -0.1) is 0 Å². The van der Waals surface area contributed by atoms with Crippen molar-refractivity contribution in [2.24, 2.45) is 5.73 Å². The number of carbonyl (C=O) groups is 1. The minimum atomic E-state index is -0.361. The summed E-state index contributed by atoms with van der Waals surface area (Å²) in [6, 6.07) is 7.56. The summed E-state index contributed by atoms with van der Waals surface area (Å²) in [7, 11) is 0. The molecule has 0 unspecified atom stereocenters. The van der Waals surface area contributed by atoms with E-state index in [4.69, 9.17) is 5.73 Å². The lowest BCUT2D eigenvalue weighted by molar-refractivity contribution is 0.100. The third-order valence-electron chi connectivity index (χ3n) is 2.49. The van der Waals surface area contributed by atoms with E-state index in [2.05, 4.69) is 13.8 Å². The molecule has 14 heavy (non-hydrogen) atoms. The average molecular weight is 191 g/mol. The molecule has 2 heteroatoms. The van der Waals surface area contributed by atoms with Crippen LogP contribution < -0.4 is 5.73 Å². The second kappa shape index (κ2) is 4.80. The molecule has 0 aliphatic heterocycles. The van der Waals surface area contributed by atoms with Crippen LogP contribution in [-0.2, 0) is 0 Å². The highest BCUT2D eigenvalue weighted by Crippen LogP contribution is 2.20. The van der Waals surface area contributed by atoms with Crippen LogP contribution in [0.2, 0.25) is 0 Å². The fraction of sp³-hybridized carbons (Fsp3) is 0.417. The fourth-order valence-electron chi connectivity index (χ4n) is 1.58. The van der Waals surface area contributed by atoms with Gasteiger partial charge in [0.2, 0.25) is 5.91 Å². The van der Waals surface area contributed by atoms with E-state index in [9.17, 15) is 4.79 Å². The van der Waals surface area contributed by atoms with Crippen molar-refractivity contribution in [3.8, 4) is 0 Å². The van der Waals surface area contributed by atoms with Crippen molar-refractivity contribution < 1.29 is 4.79 Å². The van der Waals surface area contributed by atoms with E-state index in [1.54, 1.807) is 12.1 Å². The van der Waals surface area contributed by atoms with Gasteiger partial charge in [0.25, 0.3) is 0 Å². The first kappa shape index (κ1) is 10.8. The molecular formula is C12H17NO. The summed E-state index contributed by atoms with van der Waals surface area (Å²) >= 11 is 0. The second-order valence-electron chi connectivity index (χ2n) is 3.68. The maximum absolute atomic E-state index is 10.8. The Morgan fingerprint density at radius 3 is 2.36 bits per heavy atom. The van der Waals surface area contributed by atoms with Gasteiger partial charge in [-0.05, 0) is 30.0 Å². The summed E-state index contributed by atoms with van der Waals surface area (Å²) < 4.78 is 0. The first-order valence-corrected chi connectivity index (χ1v) is 5.05. The van der Waals surface area contributed by atoms with Crippen LogP contribution in [0.25, 0.3) is 0 Å². The Hall–Kier alpha value is -1.31. The standard InChI is InChI=1S/C12H17NO/c1-3-4-9(2)10-5-7-11(8-6-10)12(13)14/h5-9H,3-4H2,1-2H3,(H2,13,14)/t9-/m0/s1. The molecule has 1 aromatic rings. The van der Waals surface area contributed by atoms with Gasteiger partial charge in [0.05, 0.1) is 0 Å². The first-order valence-electron chi connectivity index (χ1n) is 5.05. The largest absolute Gasteiger partial charge is 0.366 e. The Morgan fingerprint density at radius 2 is 1.93 bits per heavy atom. The van der Waals surface area contributed by atoms with Gasteiger partial charge in [-0.1, -0.05) is 32.4 Å². The van der Waals surface area contributed by atoms with E-state index < -0.39 is 0 Å². The molecule has 0 aliphatic carbocycles. The molecule has 0 spiro atoms. The molecule has 1 rings (SSSR count). The van der Waals surface area contributed by atoms with Crippen molar-refractivity contribution in [2.45, 2.75) is 32.6 Å². The molecule has 76 valence electrons. The quantitative estimate of drug-likeness (QED) is 0.781. The van der Waals surface area contributed by atoms with Crippen molar-refractivity contribution in [3.05, 3.63) is 35.4 Å². The maximum atomic E-state index is 10.8. The predicted octanol–water partition coefficient (Wildman–Crippen LogP) is 2.69. The highest BCUT2D eigenvalue weighted by Gasteiger charge is 2.05. The third kappa shape index (κ3) is 2.59. The van der Waals surface area contributed by atoms with Crippen molar-refractivity contribution in [3.63, 3.8) is 0 Å². The van der Waals surface area contributed by atoms with E-state index in [1.165, 1.54) is 18.4 Å². The van der Waals surface area contributed by atoms with Crippen LogP contribution in [0.15, 0.2) is 24.3 Å². The minimum Gasteiger partial charge on any atom is -0.366 e. The molecule has 1 amide bonds. The smallest absolute Gasteiger partial charge is 0.248 e. The van der Waals surface area contributed by atoms with Crippen LogP contribution in [0.5, 0.6) is 0 Å². The van der Waals surface area contributed by atoms with Crippen LogP contribution in [0.4, 0.5) is 0 Å². The monoisotopic (exact) mass is 191 g/mol. The molecule has 0 saturated carbocycles. The number of hydrogen-bond donors (Lipinski definition) is 1. The van der Waals surface area contributed by atoms with Gasteiger partial charge in [-0.2, -0.15) is 0 Å². The second-order valence-corrected chi connectivity index (χ2v) is 3.68. The molecule has 0 heterocycles. The van der Waals surface area contributed by atoms with E-state index in [-0.39, 0.29) is 5.91 Å². The van der Waals surface area contributed by atoms with Crippen LogP contribution >= 0.6 is 0 Å². The van der Waals surface area contributed by atoms with Gasteiger partial charge >= 0.3 is 0 Å². The zero-order chi connectivity index (χ0) is 10.6. The number of carbonyl (C=O) groups excluding carboxylic acids is 1. The van der Waals surface area contributed by atoms with Gasteiger partial charge in [0.15, 0.2) is 0 Å². The Kier molecular flexibility index (Phi) is 3.69. The highest BCUT2D eigenvalue weighted by molar-refractivity contribution is 5.92. The Morgan fingerprint density at radius 1 is 1.36 bits per heavy atom. The lowest BCUT2D eigenvalue weighted by Crippen LogP contribution is -2.10. The lowest BCUT2D eigenvalue weighted by atomic mass is 9.96. The molecule has 0 radical (unpaired) electrons. The van der Waals surface area contributed by atoms with Crippen LogP contribution in [0.1, 0.15) is 48.5 Å². The number of primary amides is 1. The lowest BCUT2D eigenvalue weighted by Gasteiger charge is -2.10. The molecule has 1 atom stereocenters. The van der Waals surface area contributed by atoms with E-state index in [1.807, 2.05) is 12.1 Å². The summed E-state index contributed by atoms with van der Waals surface area (Å²) in [6.45, 7) is 4.37. The summed E-state index contributed by atoms with van der Waals surface area (Å²) in [6.07, 6.45) is 2.36. The van der Waals surface area contributed by atoms with Gasteiger partial charge < -0.3 is 5.73 Å². The molecule has 0 aromatic heterocycles. The predicted molar refractivity (Wildman–Crippen MR) is 58.3 cm³/mol. The van der Waals surface area contributed by atoms with Crippen LogP contribution in [0, 0.1) is 0 Å². The normalized spacial score (nSPS) is 12.4. The molecule has 0 bridgehead atoms. The number of benzene rings is 1. The topological polar surface area (TPSA) is 43.1 Å². The number of nitrogens with two attached hydrogens (primary N) is 1. The first-order chi connectivity index (χ1) is 6.65. The zero-order valence-electron chi connectivity index (χ0n) is 8.79. The van der Waals surface area contributed by atoms with Gasteiger partial charge in [-0.3, -0.25) is 4.79 Å². The minimum absolute atomic E-state index is 0.361. The van der Waals surface area contributed by atoms with Gasteiger partial charge in [0, 0.05) is 5.56 Å². The summed E-state index contributed by atoms with van der Waals surface area (Å²) in [5.41, 5.74) is 7.02. The Balaban J connectivity index is 2.77. The van der Waals surface area contributed by atoms with E-state index in [0.717, 1.165) is 0 Å². The molecule has 0 aliphatic rings.